The maximum atomic E-state index is 13.4. The van der Waals surface area contributed by atoms with Gasteiger partial charge in [0.25, 0.3) is 0 Å². The zero-order valence-corrected chi connectivity index (χ0v) is 22.0. The van der Waals surface area contributed by atoms with Gasteiger partial charge in [-0.2, -0.15) is 0 Å². The van der Waals surface area contributed by atoms with Crippen LogP contribution in [0, 0.1) is 5.41 Å². The van der Waals surface area contributed by atoms with Crippen LogP contribution in [-0.4, -0.2) is 82.3 Å². The maximum Gasteiger partial charge on any atom is 0.236 e. The molecule has 2 fully saturated rings. The van der Waals surface area contributed by atoms with Gasteiger partial charge in [-0.05, 0) is 69.7 Å². The van der Waals surface area contributed by atoms with Crippen molar-refractivity contribution < 1.29 is 14.3 Å². The Balaban J connectivity index is 1.15. The first-order valence-electron chi connectivity index (χ1n) is 13.9. The number of aromatic nitrogens is 3. The van der Waals surface area contributed by atoms with Crippen molar-refractivity contribution in [1.82, 2.24) is 29.9 Å². The fourth-order valence-electron chi connectivity index (χ4n) is 6.15. The smallest absolute Gasteiger partial charge is 0.236 e. The quantitative estimate of drug-likeness (QED) is 0.685. The van der Waals surface area contributed by atoms with E-state index in [9.17, 15) is 9.59 Å². The molecular formula is C28H40N6O3. The van der Waals surface area contributed by atoms with Crippen LogP contribution in [0.15, 0.2) is 30.6 Å². The lowest BCUT2D eigenvalue weighted by Crippen LogP contribution is -2.51. The summed E-state index contributed by atoms with van der Waals surface area (Å²) in [5.41, 5.74) is 0.921. The Morgan fingerprint density at radius 1 is 1.14 bits per heavy atom. The van der Waals surface area contributed by atoms with Gasteiger partial charge in [-0.25, -0.2) is 0 Å². The summed E-state index contributed by atoms with van der Waals surface area (Å²) in [4.78, 5) is 30.7. The van der Waals surface area contributed by atoms with Crippen LogP contribution in [0.1, 0.15) is 62.3 Å². The molecule has 4 heterocycles. The highest BCUT2D eigenvalue weighted by molar-refractivity contribution is 5.83. The minimum atomic E-state index is -0.335. The number of amides is 2. The monoisotopic (exact) mass is 508 g/mol. The predicted molar refractivity (Wildman–Crippen MR) is 140 cm³/mol. The number of nitrogens with one attached hydrogen (secondary N) is 1. The molecule has 9 nitrogen and oxygen atoms in total. The van der Waals surface area contributed by atoms with Crippen LogP contribution in [-0.2, 0) is 23.1 Å². The summed E-state index contributed by atoms with van der Waals surface area (Å²) in [6.45, 7) is 4.71. The van der Waals surface area contributed by atoms with Crippen molar-refractivity contribution in [3.63, 3.8) is 0 Å². The topological polar surface area (TPSA) is 92.6 Å². The summed E-state index contributed by atoms with van der Waals surface area (Å²) in [7, 11) is 1.95. The lowest BCUT2D eigenvalue weighted by molar-refractivity contribution is -0.136. The summed E-state index contributed by atoms with van der Waals surface area (Å²) >= 11 is 0. The van der Waals surface area contributed by atoms with Gasteiger partial charge in [-0.3, -0.25) is 14.5 Å². The molecule has 5 rings (SSSR count). The maximum absolute atomic E-state index is 13.4. The SMILES string of the molecule is Cn1cnnc1C1CCN(C(=O)CN2CCC3(CCCCc4ccccc4OCCCNC3=O)CC2)C1. The van der Waals surface area contributed by atoms with Gasteiger partial charge >= 0.3 is 0 Å². The zero-order chi connectivity index (χ0) is 25.7. The minimum Gasteiger partial charge on any atom is -0.493 e. The van der Waals surface area contributed by atoms with Crippen molar-refractivity contribution >= 4 is 11.8 Å². The number of carbonyl (C=O) groups excluding carboxylic acids is 2. The third kappa shape index (κ3) is 5.98. The summed E-state index contributed by atoms with van der Waals surface area (Å²) in [6.07, 6.45) is 8.97. The molecule has 0 bridgehead atoms. The average molecular weight is 509 g/mol. The van der Waals surface area contributed by atoms with Crippen LogP contribution < -0.4 is 10.1 Å². The Hall–Kier alpha value is -2.94. The van der Waals surface area contributed by atoms with E-state index in [2.05, 4.69) is 32.5 Å². The Morgan fingerprint density at radius 3 is 2.78 bits per heavy atom. The number of para-hydroxylation sites is 1. The molecule has 37 heavy (non-hydrogen) atoms. The molecule has 0 saturated carbocycles. The van der Waals surface area contributed by atoms with Crippen molar-refractivity contribution in [3.8, 4) is 5.75 Å². The number of rotatable bonds is 3. The van der Waals surface area contributed by atoms with Crippen molar-refractivity contribution in [2.24, 2.45) is 12.5 Å². The second kappa shape index (κ2) is 11.6. The second-order valence-electron chi connectivity index (χ2n) is 11.0. The Labute approximate surface area is 219 Å². The molecule has 200 valence electrons. The fraction of sp³-hybridized carbons (Fsp3) is 0.643. The third-order valence-corrected chi connectivity index (χ3v) is 8.49. The number of ether oxygens (including phenoxy) is 1. The number of likely N-dealkylation sites (tertiary alicyclic amines) is 2. The van der Waals surface area contributed by atoms with E-state index in [1.165, 1.54) is 5.56 Å². The predicted octanol–water partition coefficient (Wildman–Crippen LogP) is 2.52. The molecule has 1 aromatic heterocycles. The largest absolute Gasteiger partial charge is 0.493 e. The van der Waals surface area contributed by atoms with Crippen LogP contribution in [0.3, 0.4) is 0 Å². The van der Waals surface area contributed by atoms with E-state index in [1.807, 2.05) is 28.6 Å². The van der Waals surface area contributed by atoms with Gasteiger partial charge in [0.15, 0.2) is 0 Å². The fourth-order valence-corrected chi connectivity index (χ4v) is 6.15. The van der Waals surface area contributed by atoms with E-state index in [-0.39, 0.29) is 23.1 Å². The molecule has 3 aliphatic rings. The van der Waals surface area contributed by atoms with Crippen molar-refractivity contribution in [3.05, 3.63) is 42.0 Å². The molecule has 3 aliphatic heterocycles. The molecule has 1 atom stereocenters. The van der Waals surface area contributed by atoms with E-state index < -0.39 is 0 Å². The van der Waals surface area contributed by atoms with Gasteiger partial charge in [0.2, 0.25) is 11.8 Å². The third-order valence-electron chi connectivity index (χ3n) is 8.49. The Kier molecular flexibility index (Phi) is 8.08. The second-order valence-corrected chi connectivity index (χ2v) is 11.0. The zero-order valence-electron chi connectivity index (χ0n) is 22.0. The lowest BCUT2D eigenvalue weighted by atomic mass is 9.73. The van der Waals surface area contributed by atoms with Crippen molar-refractivity contribution in [2.75, 3.05) is 45.9 Å². The van der Waals surface area contributed by atoms with Gasteiger partial charge in [0, 0.05) is 32.6 Å². The number of aryl methyl sites for hydroxylation is 2. The number of fused-ring (bicyclic) bond motifs is 1. The van der Waals surface area contributed by atoms with Gasteiger partial charge in [0.05, 0.1) is 18.6 Å². The van der Waals surface area contributed by atoms with Gasteiger partial charge < -0.3 is 19.5 Å². The molecular weight excluding hydrogens is 468 g/mol. The van der Waals surface area contributed by atoms with E-state index in [1.54, 1.807) is 6.33 Å². The number of hydrogen-bond donors (Lipinski definition) is 1. The van der Waals surface area contributed by atoms with E-state index in [0.717, 1.165) is 82.6 Å². The molecule has 9 heteroatoms. The van der Waals surface area contributed by atoms with Gasteiger partial charge in [0.1, 0.15) is 17.9 Å². The van der Waals surface area contributed by atoms with E-state index in [0.29, 0.717) is 26.2 Å². The van der Waals surface area contributed by atoms with Crippen LogP contribution in [0.25, 0.3) is 0 Å². The summed E-state index contributed by atoms with van der Waals surface area (Å²) in [5.74, 6) is 2.54. The van der Waals surface area contributed by atoms with Crippen molar-refractivity contribution in [2.45, 2.75) is 57.3 Å². The van der Waals surface area contributed by atoms with Crippen LogP contribution in [0.2, 0.25) is 0 Å². The molecule has 0 radical (unpaired) electrons. The molecule has 1 aromatic carbocycles. The summed E-state index contributed by atoms with van der Waals surface area (Å²) < 4.78 is 7.95. The summed E-state index contributed by atoms with van der Waals surface area (Å²) in [5, 5.41) is 11.4. The molecule has 2 amide bonds. The van der Waals surface area contributed by atoms with E-state index >= 15 is 0 Å². The Bertz CT molecular complexity index is 1080. The first-order chi connectivity index (χ1) is 18.0. The Morgan fingerprint density at radius 2 is 1.97 bits per heavy atom. The van der Waals surface area contributed by atoms with Gasteiger partial charge in [-0.15, -0.1) is 10.2 Å². The van der Waals surface area contributed by atoms with Crippen LogP contribution in [0.4, 0.5) is 0 Å². The summed E-state index contributed by atoms with van der Waals surface area (Å²) in [6, 6.07) is 8.29. The number of carbonyl (C=O) groups is 2. The standard InChI is InChI=1S/C28H40N6O3/c1-32-21-30-31-26(32)23-10-15-34(19-23)25(35)20-33-16-12-28(13-17-33)11-5-4-8-22-7-2-3-9-24(22)37-18-6-14-29-27(28)36/h2-3,7,9,21,23H,4-6,8,10-20H2,1H3,(H,29,36). The molecule has 2 saturated heterocycles. The number of piperidine rings is 1. The molecule has 0 aliphatic carbocycles. The minimum absolute atomic E-state index is 0.179. The average Bonchev–Trinajstić information content (AvgIpc) is 3.57. The number of benzene rings is 1. The highest BCUT2D eigenvalue weighted by Crippen LogP contribution is 2.38. The molecule has 1 unspecified atom stereocenters. The number of hydrogen-bond acceptors (Lipinski definition) is 6. The van der Waals surface area contributed by atoms with Crippen LogP contribution >= 0.6 is 0 Å². The number of nitrogens with zero attached hydrogens (tertiary/aromatic N) is 5. The first-order valence-corrected chi connectivity index (χ1v) is 13.9. The van der Waals surface area contributed by atoms with Crippen LogP contribution in [0.5, 0.6) is 5.75 Å². The molecule has 1 N–H and O–H groups in total. The highest BCUT2D eigenvalue weighted by atomic mass is 16.5. The van der Waals surface area contributed by atoms with E-state index in [4.69, 9.17) is 4.74 Å². The van der Waals surface area contributed by atoms with Crippen molar-refractivity contribution in [1.29, 1.82) is 0 Å². The molecule has 2 aromatic rings. The normalized spacial score (nSPS) is 23.3. The lowest BCUT2D eigenvalue weighted by Gasteiger charge is -2.41. The first kappa shape index (κ1) is 25.7. The highest BCUT2D eigenvalue weighted by Gasteiger charge is 2.41. The molecule has 1 spiro atoms. The van der Waals surface area contributed by atoms with Gasteiger partial charge in [-0.1, -0.05) is 24.6 Å².